The Hall–Kier alpha value is -4.44. The van der Waals surface area contributed by atoms with Crippen LogP contribution in [0.1, 0.15) is 18.1 Å². The summed E-state index contributed by atoms with van der Waals surface area (Å²) < 4.78 is 8.50. The highest BCUT2D eigenvalue weighted by Gasteiger charge is 2.20. The van der Waals surface area contributed by atoms with E-state index in [0.29, 0.717) is 11.5 Å². The Kier molecular flexibility index (Phi) is 7.45. The van der Waals surface area contributed by atoms with Gasteiger partial charge in [-0.25, -0.2) is 10.2 Å². The first kappa shape index (κ1) is 24.7. The minimum absolute atomic E-state index is 0.00422. The standard InChI is InChI=1S/C26H28N6O4/c1-17-9-7-8-12-21(17)36-16-20(33)15-32-22-23(31(3)26(35)28-24(22)34)27-25(32)30-29-18(2)13-14-19-10-5-4-6-11-19/h4-14,20,33H,15-16H2,1-3H3,(H,27,30)(H,28,34,35). The number of ether oxygens (including phenoxy) is 1. The second-order valence-corrected chi connectivity index (χ2v) is 8.38. The van der Waals surface area contributed by atoms with E-state index in [1.54, 1.807) is 0 Å². The number of rotatable bonds is 9. The number of H-pyrrole nitrogens is 1. The summed E-state index contributed by atoms with van der Waals surface area (Å²) in [5.74, 6) is 0.871. The zero-order valence-corrected chi connectivity index (χ0v) is 20.3. The van der Waals surface area contributed by atoms with Crippen molar-refractivity contribution in [2.24, 2.45) is 12.1 Å². The summed E-state index contributed by atoms with van der Waals surface area (Å²) in [6.45, 7) is 3.71. The minimum atomic E-state index is -0.970. The lowest BCUT2D eigenvalue weighted by Gasteiger charge is -2.16. The van der Waals surface area contributed by atoms with Crippen LogP contribution in [0.2, 0.25) is 0 Å². The van der Waals surface area contributed by atoms with E-state index in [-0.39, 0.29) is 30.3 Å². The lowest BCUT2D eigenvalue weighted by molar-refractivity contribution is 0.0935. The fourth-order valence-corrected chi connectivity index (χ4v) is 3.62. The van der Waals surface area contributed by atoms with Gasteiger partial charge in [0.15, 0.2) is 11.2 Å². The van der Waals surface area contributed by atoms with Gasteiger partial charge in [-0.2, -0.15) is 10.1 Å². The second kappa shape index (κ2) is 10.9. The summed E-state index contributed by atoms with van der Waals surface area (Å²) in [6, 6.07) is 17.3. The van der Waals surface area contributed by atoms with Crippen LogP contribution < -0.4 is 21.4 Å². The highest BCUT2D eigenvalue weighted by Crippen LogP contribution is 2.19. The van der Waals surface area contributed by atoms with E-state index in [1.807, 2.05) is 80.6 Å². The molecule has 10 nitrogen and oxygen atoms in total. The number of hydrazone groups is 1. The first-order chi connectivity index (χ1) is 17.3. The Labute approximate surface area is 207 Å². The van der Waals surface area contributed by atoms with Crippen molar-refractivity contribution in [3.63, 3.8) is 0 Å². The van der Waals surface area contributed by atoms with Gasteiger partial charge in [0.25, 0.3) is 5.56 Å². The predicted molar refractivity (Wildman–Crippen MR) is 140 cm³/mol. The normalized spacial score (nSPS) is 12.8. The number of aliphatic hydroxyl groups is 1. The van der Waals surface area contributed by atoms with Gasteiger partial charge < -0.3 is 14.4 Å². The number of nitrogens with zero attached hydrogens (tertiary/aromatic N) is 4. The fraction of sp³-hybridized carbons (Fsp3) is 0.231. The molecule has 186 valence electrons. The summed E-state index contributed by atoms with van der Waals surface area (Å²) in [5.41, 5.74) is 4.62. The Morgan fingerprint density at radius 1 is 1.19 bits per heavy atom. The van der Waals surface area contributed by atoms with E-state index in [4.69, 9.17) is 4.74 Å². The highest BCUT2D eigenvalue weighted by atomic mass is 16.5. The third-order valence-corrected chi connectivity index (χ3v) is 5.57. The highest BCUT2D eigenvalue weighted by molar-refractivity contribution is 5.96. The molecule has 10 heteroatoms. The van der Waals surface area contributed by atoms with Gasteiger partial charge in [-0.3, -0.25) is 14.3 Å². The SMILES string of the molecule is CC(C=Cc1ccccc1)=NNc1nc2c(c(=O)[nH]c(=O)n2C)n1CC(O)COc1ccccc1C. The van der Waals surface area contributed by atoms with E-state index in [1.165, 1.54) is 16.2 Å². The molecular weight excluding hydrogens is 460 g/mol. The molecule has 1 atom stereocenters. The number of para-hydroxylation sites is 1. The quantitative estimate of drug-likeness (QED) is 0.246. The third-order valence-electron chi connectivity index (χ3n) is 5.57. The molecule has 4 aromatic rings. The van der Waals surface area contributed by atoms with Gasteiger partial charge >= 0.3 is 5.69 Å². The number of benzene rings is 2. The maximum absolute atomic E-state index is 12.7. The number of aliphatic hydroxyl groups excluding tert-OH is 1. The number of aromatic amines is 1. The van der Waals surface area contributed by atoms with Crippen LogP contribution in [0.5, 0.6) is 5.75 Å². The molecular formula is C26H28N6O4. The van der Waals surface area contributed by atoms with E-state index in [0.717, 1.165) is 11.1 Å². The molecule has 0 amide bonds. The maximum Gasteiger partial charge on any atom is 0.329 e. The van der Waals surface area contributed by atoms with Crippen molar-refractivity contribution in [3.05, 3.63) is 92.6 Å². The van der Waals surface area contributed by atoms with Crippen LogP contribution in [-0.4, -0.2) is 42.6 Å². The molecule has 2 aromatic carbocycles. The molecule has 0 bridgehead atoms. The zero-order valence-electron chi connectivity index (χ0n) is 20.3. The van der Waals surface area contributed by atoms with Crippen LogP contribution in [-0.2, 0) is 13.6 Å². The smallest absolute Gasteiger partial charge is 0.329 e. The summed E-state index contributed by atoms with van der Waals surface area (Å²) >= 11 is 0. The number of aryl methyl sites for hydroxylation is 2. The van der Waals surface area contributed by atoms with Gasteiger partial charge in [-0.15, -0.1) is 0 Å². The van der Waals surface area contributed by atoms with E-state index in [2.05, 4.69) is 20.5 Å². The Morgan fingerprint density at radius 2 is 1.92 bits per heavy atom. The molecule has 0 aliphatic rings. The van der Waals surface area contributed by atoms with Gasteiger partial charge in [0, 0.05) is 7.05 Å². The van der Waals surface area contributed by atoms with Gasteiger partial charge in [-0.05, 0) is 37.1 Å². The van der Waals surface area contributed by atoms with Crippen molar-refractivity contribution >= 4 is 28.9 Å². The van der Waals surface area contributed by atoms with Crippen LogP contribution in [0.3, 0.4) is 0 Å². The molecule has 0 saturated heterocycles. The molecule has 2 aromatic heterocycles. The van der Waals surface area contributed by atoms with Crippen LogP contribution in [0.25, 0.3) is 17.2 Å². The zero-order chi connectivity index (χ0) is 25.7. The lowest BCUT2D eigenvalue weighted by atomic mass is 10.2. The van der Waals surface area contributed by atoms with E-state index < -0.39 is 17.4 Å². The number of anilines is 1. The van der Waals surface area contributed by atoms with Crippen LogP contribution in [0.4, 0.5) is 5.95 Å². The monoisotopic (exact) mass is 488 g/mol. The number of imidazole rings is 1. The van der Waals surface area contributed by atoms with Gasteiger partial charge in [0.1, 0.15) is 18.5 Å². The summed E-state index contributed by atoms with van der Waals surface area (Å²) in [7, 11) is 1.51. The predicted octanol–water partition coefficient (Wildman–Crippen LogP) is 2.67. The van der Waals surface area contributed by atoms with Crippen molar-refractivity contribution in [3.8, 4) is 5.75 Å². The van der Waals surface area contributed by atoms with E-state index in [9.17, 15) is 14.7 Å². The van der Waals surface area contributed by atoms with E-state index >= 15 is 0 Å². The van der Waals surface area contributed by atoms with Crippen molar-refractivity contribution in [2.75, 3.05) is 12.0 Å². The molecule has 4 rings (SSSR count). The van der Waals surface area contributed by atoms with Crippen LogP contribution in [0.15, 0.2) is 75.4 Å². The summed E-state index contributed by atoms with van der Waals surface area (Å²) in [4.78, 5) is 31.5. The molecule has 1 unspecified atom stereocenters. The summed E-state index contributed by atoms with van der Waals surface area (Å²) in [5, 5.41) is 15.1. The number of allylic oxidation sites excluding steroid dienone is 1. The van der Waals surface area contributed by atoms with Gasteiger partial charge in [-0.1, -0.05) is 54.6 Å². The van der Waals surface area contributed by atoms with Crippen molar-refractivity contribution in [2.45, 2.75) is 26.5 Å². The van der Waals surface area contributed by atoms with Crippen LogP contribution >= 0.6 is 0 Å². The summed E-state index contributed by atoms with van der Waals surface area (Å²) in [6.07, 6.45) is 2.79. The number of hydrogen-bond donors (Lipinski definition) is 3. The lowest BCUT2D eigenvalue weighted by Crippen LogP contribution is -2.30. The van der Waals surface area contributed by atoms with Crippen molar-refractivity contribution in [1.82, 2.24) is 19.1 Å². The topological polar surface area (TPSA) is 127 Å². The number of aromatic nitrogens is 4. The second-order valence-electron chi connectivity index (χ2n) is 8.38. The van der Waals surface area contributed by atoms with Gasteiger partial charge in [0.05, 0.1) is 12.3 Å². The molecule has 0 aliphatic carbocycles. The molecule has 0 aliphatic heterocycles. The molecule has 0 radical (unpaired) electrons. The molecule has 0 spiro atoms. The average molecular weight is 489 g/mol. The largest absolute Gasteiger partial charge is 0.491 e. The Balaban J connectivity index is 1.61. The fourth-order valence-electron chi connectivity index (χ4n) is 3.62. The van der Waals surface area contributed by atoms with Gasteiger partial charge in [0.2, 0.25) is 5.95 Å². The van der Waals surface area contributed by atoms with Crippen molar-refractivity contribution < 1.29 is 9.84 Å². The Morgan fingerprint density at radius 3 is 2.67 bits per heavy atom. The minimum Gasteiger partial charge on any atom is -0.491 e. The number of hydrogen-bond acceptors (Lipinski definition) is 7. The maximum atomic E-state index is 12.7. The number of nitrogens with one attached hydrogen (secondary N) is 2. The molecule has 2 heterocycles. The molecule has 0 fully saturated rings. The molecule has 36 heavy (non-hydrogen) atoms. The first-order valence-corrected chi connectivity index (χ1v) is 11.4. The van der Waals surface area contributed by atoms with Crippen molar-refractivity contribution in [1.29, 1.82) is 0 Å². The van der Waals surface area contributed by atoms with Crippen LogP contribution in [0, 0.1) is 6.92 Å². The number of fused-ring (bicyclic) bond motifs is 1. The first-order valence-electron chi connectivity index (χ1n) is 11.4. The third kappa shape index (κ3) is 5.61. The Bertz CT molecular complexity index is 1530. The molecule has 3 N–H and O–H groups in total. The molecule has 0 saturated carbocycles. The average Bonchev–Trinajstić information content (AvgIpc) is 3.23.